The van der Waals surface area contributed by atoms with Gasteiger partial charge < -0.3 is 10.6 Å². The summed E-state index contributed by atoms with van der Waals surface area (Å²) in [4.78, 5) is 18.5. The highest BCUT2D eigenvalue weighted by molar-refractivity contribution is 6.01. The summed E-state index contributed by atoms with van der Waals surface area (Å²) in [5.41, 5.74) is 4.69. The molecule has 0 fully saturated rings. The Kier molecular flexibility index (Phi) is 7.74. The summed E-state index contributed by atoms with van der Waals surface area (Å²) in [5, 5.41) is 0. The first-order chi connectivity index (χ1) is 16.8. The van der Waals surface area contributed by atoms with Crippen molar-refractivity contribution in [2.75, 3.05) is 13.6 Å². The van der Waals surface area contributed by atoms with Crippen molar-refractivity contribution in [3.63, 3.8) is 0 Å². The van der Waals surface area contributed by atoms with Crippen LogP contribution in [0.1, 0.15) is 38.3 Å². The fourth-order valence-corrected chi connectivity index (χ4v) is 3.60. The summed E-state index contributed by atoms with van der Waals surface area (Å²) in [6.07, 6.45) is -8.68. The minimum Gasteiger partial charge on any atom is -0.337 e. The Balaban J connectivity index is 2.03. The molecule has 2 aromatic carbocycles. The minimum absolute atomic E-state index is 0.0482. The van der Waals surface area contributed by atoms with Crippen molar-refractivity contribution in [1.29, 1.82) is 0 Å². The number of rotatable bonds is 4. The number of pyridine rings is 1. The zero-order valence-corrected chi connectivity index (χ0v) is 19.3. The van der Waals surface area contributed by atoms with E-state index in [1.165, 1.54) is 13.2 Å². The molecule has 1 heterocycles. The standard InChI is InChI=1S/C26H21F6N3O/c1-16-6-3-4-8-21(16)22-13-20(7-5-9-33)34-14-23(22)24(36)35(2)15-17-10-18(25(27,28)29)12-19(11-17)26(30,31)32/h3-4,6,8,10-14H,9,15,33H2,1-2H3. The lowest BCUT2D eigenvalue weighted by Gasteiger charge is -2.21. The van der Waals surface area contributed by atoms with E-state index in [1.54, 1.807) is 18.2 Å². The van der Waals surface area contributed by atoms with Crippen molar-refractivity contribution in [3.8, 4) is 23.0 Å². The lowest BCUT2D eigenvalue weighted by atomic mass is 9.96. The number of halogens is 6. The summed E-state index contributed by atoms with van der Waals surface area (Å²) in [6, 6.07) is 10.0. The number of hydrogen-bond donors (Lipinski definition) is 1. The van der Waals surface area contributed by atoms with Crippen molar-refractivity contribution in [2.45, 2.75) is 25.8 Å². The first-order valence-corrected chi connectivity index (χ1v) is 10.6. The monoisotopic (exact) mass is 505 g/mol. The number of aromatic nitrogens is 1. The van der Waals surface area contributed by atoms with E-state index in [9.17, 15) is 31.1 Å². The number of carbonyl (C=O) groups is 1. The topological polar surface area (TPSA) is 59.2 Å². The highest BCUT2D eigenvalue weighted by Crippen LogP contribution is 2.36. The molecule has 10 heteroatoms. The third-order valence-corrected chi connectivity index (χ3v) is 5.30. The smallest absolute Gasteiger partial charge is 0.337 e. The average molecular weight is 505 g/mol. The Bertz CT molecular complexity index is 1300. The molecule has 0 bridgehead atoms. The van der Waals surface area contributed by atoms with E-state index in [4.69, 9.17) is 5.73 Å². The molecule has 0 aliphatic heterocycles. The van der Waals surface area contributed by atoms with Crippen molar-refractivity contribution in [3.05, 3.63) is 88.2 Å². The van der Waals surface area contributed by atoms with Gasteiger partial charge in [0.25, 0.3) is 5.91 Å². The van der Waals surface area contributed by atoms with Crippen molar-refractivity contribution >= 4 is 5.91 Å². The minimum atomic E-state index is -4.99. The first-order valence-electron chi connectivity index (χ1n) is 10.6. The largest absolute Gasteiger partial charge is 0.416 e. The molecule has 0 aliphatic carbocycles. The van der Waals surface area contributed by atoms with Gasteiger partial charge in [-0.05, 0) is 59.4 Å². The molecule has 0 aliphatic rings. The molecule has 1 amide bonds. The van der Waals surface area contributed by atoms with Crippen LogP contribution < -0.4 is 5.73 Å². The molecule has 3 rings (SSSR count). The lowest BCUT2D eigenvalue weighted by molar-refractivity contribution is -0.143. The van der Waals surface area contributed by atoms with Crippen LogP contribution in [0.2, 0.25) is 0 Å². The molecule has 0 saturated carbocycles. The van der Waals surface area contributed by atoms with Crippen LogP contribution in [0.25, 0.3) is 11.1 Å². The van der Waals surface area contributed by atoms with Gasteiger partial charge in [-0.2, -0.15) is 26.3 Å². The second kappa shape index (κ2) is 10.4. The summed E-state index contributed by atoms with van der Waals surface area (Å²) in [7, 11) is 1.29. The molecule has 4 nitrogen and oxygen atoms in total. The molecule has 0 spiro atoms. The third-order valence-electron chi connectivity index (χ3n) is 5.30. The molecule has 0 atom stereocenters. The maximum absolute atomic E-state index is 13.3. The van der Waals surface area contributed by atoms with E-state index in [0.717, 1.165) is 10.5 Å². The van der Waals surface area contributed by atoms with Gasteiger partial charge in [0.05, 0.1) is 23.2 Å². The van der Waals surface area contributed by atoms with Crippen LogP contribution >= 0.6 is 0 Å². The number of amides is 1. The van der Waals surface area contributed by atoms with Crippen molar-refractivity contribution in [2.24, 2.45) is 5.73 Å². The van der Waals surface area contributed by atoms with Crippen LogP contribution in [-0.4, -0.2) is 29.4 Å². The lowest BCUT2D eigenvalue weighted by Crippen LogP contribution is -2.27. The Morgan fingerprint density at radius 2 is 1.58 bits per heavy atom. The highest BCUT2D eigenvalue weighted by atomic mass is 19.4. The Hall–Kier alpha value is -3.84. The van der Waals surface area contributed by atoms with Crippen LogP contribution in [0.15, 0.2) is 54.7 Å². The summed E-state index contributed by atoms with van der Waals surface area (Å²) in [6.45, 7) is 1.44. The summed E-state index contributed by atoms with van der Waals surface area (Å²) in [5.74, 6) is 4.82. The maximum Gasteiger partial charge on any atom is 0.416 e. The SMILES string of the molecule is Cc1ccccc1-c1cc(C#CCN)ncc1C(=O)N(C)Cc1cc(C(F)(F)F)cc(C(F)(F)F)c1. The molecule has 1 aromatic heterocycles. The molecule has 0 radical (unpaired) electrons. The van der Waals surface area contributed by atoms with E-state index < -0.39 is 35.9 Å². The summed E-state index contributed by atoms with van der Waals surface area (Å²) < 4.78 is 79.4. The van der Waals surface area contributed by atoms with Crippen LogP contribution in [0, 0.1) is 18.8 Å². The molecule has 3 aromatic rings. The third kappa shape index (κ3) is 6.23. The van der Waals surface area contributed by atoms with Gasteiger partial charge in [-0.3, -0.25) is 4.79 Å². The van der Waals surface area contributed by atoms with Gasteiger partial charge >= 0.3 is 12.4 Å². The number of hydrogen-bond acceptors (Lipinski definition) is 3. The van der Waals surface area contributed by atoms with Gasteiger partial charge in [0.2, 0.25) is 0 Å². The molecule has 0 unspecified atom stereocenters. The highest BCUT2D eigenvalue weighted by Gasteiger charge is 2.37. The maximum atomic E-state index is 13.3. The van der Waals surface area contributed by atoms with E-state index >= 15 is 0 Å². The Morgan fingerprint density at radius 1 is 0.972 bits per heavy atom. The molecule has 2 N–H and O–H groups in total. The number of carbonyl (C=O) groups excluding carboxylic acids is 1. The molecule has 0 saturated heterocycles. The number of aryl methyl sites for hydroxylation is 1. The Labute approximate surface area is 203 Å². The Morgan fingerprint density at radius 3 is 2.14 bits per heavy atom. The van der Waals surface area contributed by atoms with Gasteiger partial charge in [-0.15, -0.1) is 0 Å². The van der Waals surface area contributed by atoms with Gasteiger partial charge in [-0.1, -0.05) is 30.2 Å². The zero-order chi connectivity index (χ0) is 26.7. The number of nitrogens with zero attached hydrogens (tertiary/aromatic N) is 2. The molecular weight excluding hydrogens is 484 g/mol. The van der Waals surface area contributed by atoms with E-state index in [1.807, 2.05) is 19.1 Å². The summed E-state index contributed by atoms with van der Waals surface area (Å²) >= 11 is 0. The fourth-order valence-electron chi connectivity index (χ4n) is 3.60. The molecular formula is C26H21F6N3O. The van der Waals surface area contributed by atoms with Gasteiger partial charge in [-0.25, -0.2) is 4.98 Å². The van der Waals surface area contributed by atoms with Crippen molar-refractivity contribution in [1.82, 2.24) is 9.88 Å². The van der Waals surface area contributed by atoms with E-state index in [0.29, 0.717) is 29.0 Å². The quantitative estimate of drug-likeness (QED) is 0.367. The van der Waals surface area contributed by atoms with Gasteiger partial charge in [0.15, 0.2) is 0 Å². The van der Waals surface area contributed by atoms with E-state index in [-0.39, 0.29) is 23.7 Å². The predicted octanol–water partition coefficient (Wildman–Crippen LogP) is 5.68. The van der Waals surface area contributed by atoms with Crippen LogP contribution in [0.5, 0.6) is 0 Å². The van der Waals surface area contributed by atoms with Crippen LogP contribution in [-0.2, 0) is 18.9 Å². The zero-order valence-electron chi connectivity index (χ0n) is 19.3. The first kappa shape index (κ1) is 26.8. The van der Waals surface area contributed by atoms with Gasteiger partial charge in [0.1, 0.15) is 5.69 Å². The molecule has 188 valence electrons. The van der Waals surface area contributed by atoms with Crippen LogP contribution in [0.4, 0.5) is 26.3 Å². The normalized spacial score (nSPS) is 11.6. The van der Waals surface area contributed by atoms with Crippen molar-refractivity contribution < 1.29 is 31.1 Å². The number of nitrogens with two attached hydrogens (primary N) is 1. The van der Waals surface area contributed by atoms with E-state index in [2.05, 4.69) is 16.8 Å². The van der Waals surface area contributed by atoms with Crippen LogP contribution in [0.3, 0.4) is 0 Å². The number of benzene rings is 2. The molecule has 36 heavy (non-hydrogen) atoms. The second-order valence-corrected chi connectivity index (χ2v) is 8.01. The second-order valence-electron chi connectivity index (χ2n) is 8.01. The predicted molar refractivity (Wildman–Crippen MR) is 123 cm³/mol. The van der Waals surface area contributed by atoms with Gasteiger partial charge in [0, 0.05) is 19.8 Å². The fraction of sp³-hybridized carbons (Fsp3) is 0.231. The average Bonchev–Trinajstić information content (AvgIpc) is 2.81. The number of alkyl halides is 6.